The summed E-state index contributed by atoms with van der Waals surface area (Å²) in [6.45, 7) is 0. The Balaban J connectivity index is 2.91. The number of aromatic carboxylic acids is 1. The van der Waals surface area contributed by atoms with Crippen molar-refractivity contribution in [1.29, 1.82) is 0 Å². The van der Waals surface area contributed by atoms with Crippen LogP contribution in [0, 0.1) is 0 Å². The third-order valence-electron chi connectivity index (χ3n) is 1.26. The fraction of sp³-hybridized carbons (Fsp3) is 0.143. The van der Waals surface area contributed by atoms with E-state index in [1.165, 1.54) is 36.4 Å². The van der Waals surface area contributed by atoms with E-state index in [1.54, 1.807) is 0 Å². The van der Waals surface area contributed by atoms with Crippen LogP contribution in [0.25, 0.3) is 0 Å². The lowest BCUT2D eigenvalue weighted by Gasteiger charge is -1.91. The van der Waals surface area contributed by atoms with E-state index < -0.39 is 5.97 Å². The second-order valence-corrected chi connectivity index (χ2v) is 1.93. The van der Waals surface area contributed by atoms with E-state index in [2.05, 4.69) is 0 Å². The van der Waals surface area contributed by atoms with Crippen LogP contribution in [0.4, 0.5) is 0 Å². The molecule has 1 heterocycles. The molecule has 1 rings (SSSR count). The molecule has 0 saturated heterocycles. The zero-order valence-corrected chi connectivity index (χ0v) is 6.02. The van der Waals surface area contributed by atoms with Crippen molar-refractivity contribution in [2.24, 2.45) is 0 Å². The second-order valence-electron chi connectivity index (χ2n) is 1.93. The van der Waals surface area contributed by atoms with Gasteiger partial charge in [0.25, 0.3) is 0 Å². The first-order valence-electron chi connectivity index (χ1n) is 3.03. The highest BCUT2D eigenvalue weighted by atomic mass is 16.6. The number of hydrogen-bond donors (Lipinski definition) is 1. The fourth-order valence-corrected chi connectivity index (χ4v) is 0.677. The smallest absolute Gasteiger partial charge is 0.336 e. The van der Waals surface area contributed by atoms with Crippen molar-refractivity contribution in [2.75, 3.05) is 7.11 Å². The molecule has 11 heavy (non-hydrogen) atoms. The van der Waals surface area contributed by atoms with Gasteiger partial charge >= 0.3 is 5.97 Å². The molecule has 0 aliphatic carbocycles. The van der Waals surface area contributed by atoms with E-state index in [4.69, 9.17) is 9.94 Å². The molecule has 0 unspecified atom stereocenters. The van der Waals surface area contributed by atoms with Crippen LogP contribution in [0.1, 0.15) is 10.4 Å². The number of rotatable bonds is 2. The summed E-state index contributed by atoms with van der Waals surface area (Å²) in [5, 5.41) is 8.50. The summed E-state index contributed by atoms with van der Waals surface area (Å²) in [6.07, 6.45) is 3.06. The topological polar surface area (TPSA) is 50.4 Å². The number of carbonyl (C=O) groups is 1. The van der Waals surface area contributed by atoms with Crippen LogP contribution in [-0.2, 0) is 0 Å². The Bertz CT molecular complexity index is 255. The molecular formula is C7H8NO3+. The third kappa shape index (κ3) is 1.67. The molecule has 0 saturated carbocycles. The van der Waals surface area contributed by atoms with Gasteiger partial charge in [-0.3, -0.25) is 4.84 Å². The molecule has 1 aromatic rings. The van der Waals surface area contributed by atoms with Crippen molar-refractivity contribution in [2.45, 2.75) is 0 Å². The van der Waals surface area contributed by atoms with E-state index in [-0.39, 0.29) is 5.56 Å². The average Bonchev–Trinajstić information content (AvgIpc) is 2.05. The van der Waals surface area contributed by atoms with Crippen molar-refractivity contribution in [3.63, 3.8) is 0 Å². The predicted molar refractivity (Wildman–Crippen MR) is 36.1 cm³/mol. The molecule has 0 bridgehead atoms. The van der Waals surface area contributed by atoms with Crippen molar-refractivity contribution in [1.82, 2.24) is 0 Å². The first-order chi connectivity index (χ1) is 5.24. The van der Waals surface area contributed by atoms with Crippen LogP contribution in [0.5, 0.6) is 0 Å². The summed E-state index contributed by atoms with van der Waals surface area (Å²) in [5.74, 6) is -0.937. The van der Waals surface area contributed by atoms with Crippen molar-refractivity contribution in [3.05, 3.63) is 30.1 Å². The predicted octanol–water partition coefficient (Wildman–Crippen LogP) is -0.269. The molecule has 0 aliphatic rings. The molecule has 4 heteroatoms. The minimum absolute atomic E-state index is 0.248. The lowest BCUT2D eigenvalue weighted by atomic mass is 10.3. The Kier molecular flexibility index (Phi) is 2.06. The monoisotopic (exact) mass is 154 g/mol. The Morgan fingerprint density at radius 2 is 2.09 bits per heavy atom. The van der Waals surface area contributed by atoms with Gasteiger partial charge in [-0.1, -0.05) is 0 Å². The molecule has 1 aromatic heterocycles. The minimum atomic E-state index is -0.937. The van der Waals surface area contributed by atoms with Crippen LogP contribution in [0.2, 0.25) is 0 Å². The van der Waals surface area contributed by atoms with E-state index in [0.29, 0.717) is 0 Å². The van der Waals surface area contributed by atoms with Gasteiger partial charge in [-0.2, -0.15) is 0 Å². The molecule has 1 N–H and O–H groups in total. The van der Waals surface area contributed by atoms with E-state index >= 15 is 0 Å². The Morgan fingerprint density at radius 1 is 1.55 bits per heavy atom. The van der Waals surface area contributed by atoms with E-state index in [0.717, 1.165) is 0 Å². The summed E-state index contributed by atoms with van der Waals surface area (Å²) in [6, 6.07) is 2.93. The molecular weight excluding hydrogens is 146 g/mol. The lowest BCUT2D eigenvalue weighted by molar-refractivity contribution is -0.885. The molecule has 4 nitrogen and oxygen atoms in total. The number of pyridine rings is 1. The molecule has 0 aliphatic heterocycles. The fourth-order valence-electron chi connectivity index (χ4n) is 0.677. The zero-order valence-electron chi connectivity index (χ0n) is 6.02. The summed E-state index contributed by atoms with van der Waals surface area (Å²) >= 11 is 0. The largest absolute Gasteiger partial charge is 0.478 e. The Labute approximate surface area is 63.6 Å². The normalized spacial score (nSPS) is 9.18. The van der Waals surface area contributed by atoms with Gasteiger partial charge in [-0.15, -0.1) is 0 Å². The van der Waals surface area contributed by atoms with Crippen LogP contribution >= 0.6 is 0 Å². The van der Waals surface area contributed by atoms with Gasteiger partial charge in [-0.25, -0.2) is 4.79 Å². The molecule has 0 radical (unpaired) electrons. The number of carboxylic acids is 1. The van der Waals surface area contributed by atoms with Crippen molar-refractivity contribution in [3.8, 4) is 0 Å². The van der Waals surface area contributed by atoms with Crippen LogP contribution < -0.4 is 9.57 Å². The average molecular weight is 154 g/mol. The number of aromatic nitrogens is 1. The van der Waals surface area contributed by atoms with Gasteiger partial charge < -0.3 is 5.11 Å². The molecule has 0 amide bonds. The maximum Gasteiger partial charge on any atom is 0.336 e. The lowest BCUT2D eigenvalue weighted by Crippen LogP contribution is -2.39. The number of hydrogen-bond acceptors (Lipinski definition) is 2. The maximum absolute atomic E-state index is 10.4. The van der Waals surface area contributed by atoms with Crippen LogP contribution in [0.15, 0.2) is 24.5 Å². The molecule has 0 fully saturated rings. The SMILES string of the molecule is CO[n+]1ccc(C(=O)O)cc1. The summed E-state index contributed by atoms with van der Waals surface area (Å²) in [7, 11) is 1.50. The Hall–Kier alpha value is -1.58. The standard InChI is InChI=1S/C7H7NO3/c1-11-8-4-2-6(3-5-8)7(9)10/h2-5H,1H3/p+1. The van der Waals surface area contributed by atoms with Gasteiger partial charge in [0.1, 0.15) is 7.11 Å². The zero-order chi connectivity index (χ0) is 8.27. The summed E-state index contributed by atoms with van der Waals surface area (Å²) < 4.78 is 1.41. The highest BCUT2D eigenvalue weighted by Gasteiger charge is 2.04. The summed E-state index contributed by atoms with van der Waals surface area (Å²) in [5.41, 5.74) is 0.248. The molecule has 0 spiro atoms. The second kappa shape index (κ2) is 3.01. The minimum Gasteiger partial charge on any atom is -0.478 e. The van der Waals surface area contributed by atoms with Crippen molar-refractivity contribution >= 4 is 5.97 Å². The third-order valence-corrected chi connectivity index (χ3v) is 1.26. The van der Waals surface area contributed by atoms with Gasteiger partial charge in [-0.05, 0) is 0 Å². The first kappa shape index (κ1) is 7.53. The Morgan fingerprint density at radius 3 is 2.45 bits per heavy atom. The number of carboxylic acid groups (broad SMARTS) is 1. The van der Waals surface area contributed by atoms with Gasteiger partial charge in [0.2, 0.25) is 12.4 Å². The van der Waals surface area contributed by atoms with Gasteiger partial charge in [0, 0.05) is 16.9 Å². The highest BCUT2D eigenvalue weighted by Crippen LogP contribution is 1.92. The molecule has 0 aromatic carbocycles. The maximum atomic E-state index is 10.4. The quantitative estimate of drug-likeness (QED) is 0.596. The van der Waals surface area contributed by atoms with Crippen LogP contribution in [0.3, 0.4) is 0 Å². The van der Waals surface area contributed by atoms with Crippen LogP contribution in [-0.4, -0.2) is 18.2 Å². The first-order valence-corrected chi connectivity index (χ1v) is 3.03. The molecule has 58 valence electrons. The van der Waals surface area contributed by atoms with E-state index in [1.807, 2.05) is 0 Å². The van der Waals surface area contributed by atoms with Gasteiger partial charge in [0.05, 0.1) is 5.56 Å². The van der Waals surface area contributed by atoms with E-state index in [9.17, 15) is 4.79 Å². The number of nitrogens with zero attached hydrogens (tertiary/aromatic N) is 1. The highest BCUT2D eigenvalue weighted by molar-refractivity contribution is 5.87. The van der Waals surface area contributed by atoms with Crippen molar-refractivity contribution < 1.29 is 19.5 Å². The van der Waals surface area contributed by atoms with Gasteiger partial charge in [0.15, 0.2) is 0 Å². The summed E-state index contributed by atoms with van der Waals surface area (Å²) in [4.78, 5) is 15.1. The molecule has 0 atom stereocenters.